The van der Waals surface area contributed by atoms with Gasteiger partial charge in [-0.05, 0) is 49.1 Å². The van der Waals surface area contributed by atoms with Crippen molar-refractivity contribution in [3.8, 4) is 0 Å². The van der Waals surface area contributed by atoms with Crippen LogP contribution in [0.1, 0.15) is 30.4 Å². The van der Waals surface area contributed by atoms with Crippen molar-refractivity contribution >= 4 is 23.3 Å². The predicted molar refractivity (Wildman–Crippen MR) is 98.9 cm³/mol. The van der Waals surface area contributed by atoms with Crippen LogP contribution >= 0.6 is 0 Å². The van der Waals surface area contributed by atoms with Crippen molar-refractivity contribution in [1.82, 2.24) is 4.98 Å². The summed E-state index contributed by atoms with van der Waals surface area (Å²) in [5.74, 6) is -0.579. The number of esters is 1. The first-order valence-electron chi connectivity index (χ1n) is 8.66. The van der Waals surface area contributed by atoms with Crippen LogP contribution in [0.2, 0.25) is 0 Å². The van der Waals surface area contributed by atoms with Gasteiger partial charge in [-0.15, -0.1) is 0 Å². The Balaban J connectivity index is 1.58. The van der Waals surface area contributed by atoms with E-state index < -0.39 is 5.97 Å². The fraction of sp³-hybridized carbons (Fsp3) is 0.300. The molecule has 1 aliphatic heterocycles. The monoisotopic (exact) mass is 351 g/mol. The third-order valence-corrected chi connectivity index (χ3v) is 4.08. The van der Waals surface area contributed by atoms with Crippen molar-refractivity contribution in [2.75, 3.05) is 11.6 Å². The van der Waals surface area contributed by atoms with Gasteiger partial charge in [0.25, 0.3) is 0 Å². The third-order valence-electron chi connectivity index (χ3n) is 4.08. The molecule has 3 rings (SSSR count). The second kappa shape index (κ2) is 8.38. The molecule has 0 aliphatic carbocycles. The van der Waals surface area contributed by atoms with Crippen LogP contribution in [0, 0.1) is 6.92 Å². The van der Waals surface area contributed by atoms with Crippen molar-refractivity contribution in [1.29, 1.82) is 0 Å². The Hall–Kier alpha value is -3.02. The standard InChI is InChI=1S/C20H21N3O3/c1-15-5-2-8-17(13-15)23-19(24)10-9-18(22-23)20(25)26-12-4-7-16-6-3-11-21-14-16/h2-3,5-6,8,11,13-14H,4,7,9-10,12H2,1H3. The summed E-state index contributed by atoms with van der Waals surface area (Å²) in [5.41, 5.74) is 3.08. The summed E-state index contributed by atoms with van der Waals surface area (Å²) in [5, 5.41) is 5.52. The lowest BCUT2D eigenvalue weighted by atomic mass is 10.1. The van der Waals surface area contributed by atoms with Gasteiger partial charge in [-0.25, -0.2) is 9.80 Å². The summed E-state index contributed by atoms with van der Waals surface area (Å²) in [6.45, 7) is 2.25. The Morgan fingerprint density at radius 3 is 2.88 bits per heavy atom. The van der Waals surface area contributed by atoms with Crippen LogP contribution in [0.5, 0.6) is 0 Å². The summed E-state index contributed by atoms with van der Waals surface area (Å²) in [6, 6.07) is 11.3. The molecule has 2 aromatic rings. The molecule has 0 saturated carbocycles. The molecule has 1 aliphatic rings. The predicted octanol–water partition coefficient (Wildman–Crippen LogP) is 3.05. The van der Waals surface area contributed by atoms with E-state index in [0.29, 0.717) is 25.1 Å². The zero-order valence-corrected chi connectivity index (χ0v) is 14.7. The summed E-state index contributed by atoms with van der Waals surface area (Å²) in [7, 11) is 0. The number of anilines is 1. The van der Waals surface area contributed by atoms with Crippen LogP contribution in [0.15, 0.2) is 53.9 Å². The van der Waals surface area contributed by atoms with Crippen LogP contribution in [0.3, 0.4) is 0 Å². The van der Waals surface area contributed by atoms with E-state index in [1.54, 1.807) is 18.5 Å². The van der Waals surface area contributed by atoms with Crippen molar-refractivity contribution in [2.45, 2.75) is 32.6 Å². The van der Waals surface area contributed by atoms with Crippen LogP contribution in [-0.4, -0.2) is 29.2 Å². The van der Waals surface area contributed by atoms with Crippen LogP contribution in [-0.2, 0) is 20.7 Å². The number of carbonyl (C=O) groups excluding carboxylic acids is 2. The Kier molecular flexibility index (Phi) is 5.73. The number of benzene rings is 1. The molecule has 6 heteroatoms. The molecule has 0 N–H and O–H groups in total. The van der Waals surface area contributed by atoms with E-state index in [9.17, 15) is 9.59 Å². The van der Waals surface area contributed by atoms with Crippen molar-refractivity contribution in [3.05, 3.63) is 59.9 Å². The molecule has 134 valence electrons. The number of amides is 1. The number of hydrogen-bond donors (Lipinski definition) is 0. The normalized spacial score (nSPS) is 14.1. The molecule has 0 spiro atoms. The molecule has 1 aromatic heterocycles. The van der Waals surface area contributed by atoms with Gasteiger partial charge in [-0.3, -0.25) is 9.78 Å². The maximum atomic E-state index is 12.3. The van der Waals surface area contributed by atoms with Crippen LogP contribution in [0.4, 0.5) is 5.69 Å². The fourth-order valence-electron chi connectivity index (χ4n) is 2.73. The molecule has 6 nitrogen and oxygen atoms in total. The molecule has 0 radical (unpaired) electrons. The highest BCUT2D eigenvalue weighted by Gasteiger charge is 2.26. The molecular formula is C20H21N3O3. The van der Waals surface area contributed by atoms with Gasteiger partial charge in [-0.1, -0.05) is 18.2 Å². The largest absolute Gasteiger partial charge is 0.461 e. The molecule has 2 heterocycles. The smallest absolute Gasteiger partial charge is 0.354 e. The first kappa shape index (κ1) is 17.8. The molecule has 0 unspecified atom stereocenters. The highest BCUT2D eigenvalue weighted by Crippen LogP contribution is 2.21. The Bertz CT molecular complexity index is 818. The molecular weight excluding hydrogens is 330 g/mol. The van der Waals surface area contributed by atoms with Gasteiger partial charge in [-0.2, -0.15) is 5.10 Å². The summed E-state index contributed by atoms with van der Waals surface area (Å²) < 4.78 is 5.32. The highest BCUT2D eigenvalue weighted by molar-refractivity contribution is 6.38. The van der Waals surface area contributed by atoms with Gasteiger partial charge in [0.05, 0.1) is 12.3 Å². The first-order chi connectivity index (χ1) is 12.6. The van der Waals surface area contributed by atoms with E-state index in [2.05, 4.69) is 10.1 Å². The number of pyridine rings is 1. The third kappa shape index (κ3) is 4.53. The Labute approximate surface area is 152 Å². The molecule has 1 aromatic carbocycles. The van der Waals surface area contributed by atoms with E-state index >= 15 is 0 Å². The average Bonchev–Trinajstić information content (AvgIpc) is 2.66. The van der Waals surface area contributed by atoms with E-state index in [-0.39, 0.29) is 18.0 Å². The minimum atomic E-state index is -0.457. The molecule has 0 atom stereocenters. The Morgan fingerprint density at radius 2 is 2.12 bits per heavy atom. The average molecular weight is 351 g/mol. The highest BCUT2D eigenvalue weighted by atomic mass is 16.5. The van der Waals surface area contributed by atoms with Gasteiger partial charge in [0, 0.05) is 25.2 Å². The number of aromatic nitrogens is 1. The number of ether oxygens (including phenoxy) is 1. The van der Waals surface area contributed by atoms with Crippen LogP contribution < -0.4 is 5.01 Å². The van der Waals surface area contributed by atoms with E-state index in [1.807, 2.05) is 37.3 Å². The maximum Gasteiger partial charge on any atom is 0.354 e. The SMILES string of the molecule is Cc1cccc(N2N=C(C(=O)OCCCc3cccnc3)CCC2=O)c1. The number of rotatable bonds is 6. The zero-order chi connectivity index (χ0) is 18.4. The van der Waals surface area contributed by atoms with E-state index in [0.717, 1.165) is 17.5 Å². The van der Waals surface area contributed by atoms with Gasteiger partial charge < -0.3 is 4.74 Å². The summed E-state index contributed by atoms with van der Waals surface area (Å²) in [4.78, 5) is 28.5. The number of aryl methyl sites for hydroxylation is 2. The minimum absolute atomic E-state index is 0.122. The van der Waals surface area contributed by atoms with E-state index in [4.69, 9.17) is 4.74 Å². The summed E-state index contributed by atoms with van der Waals surface area (Å²) >= 11 is 0. The first-order valence-corrected chi connectivity index (χ1v) is 8.66. The van der Waals surface area contributed by atoms with Crippen molar-refractivity contribution in [3.63, 3.8) is 0 Å². The topological polar surface area (TPSA) is 71.9 Å². The lowest BCUT2D eigenvalue weighted by Crippen LogP contribution is -2.35. The van der Waals surface area contributed by atoms with Gasteiger partial charge in [0.2, 0.25) is 5.91 Å². The molecule has 0 saturated heterocycles. The lowest BCUT2D eigenvalue weighted by molar-refractivity contribution is -0.135. The fourth-order valence-corrected chi connectivity index (χ4v) is 2.73. The zero-order valence-electron chi connectivity index (χ0n) is 14.7. The molecule has 0 fully saturated rings. The number of nitrogens with zero attached hydrogens (tertiary/aromatic N) is 3. The van der Waals surface area contributed by atoms with Gasteiger partial charge >= 0.3 is 5.97 Å². The lowest BCUT2D eigenvalue weighted by Gasteiger charge is -2.23. The summed E-state index contributed by atoms with van der Waals surface area (Å²) in [6.07, 6.45) is 5.59. The number of carbonyl (C=O) groups is 2. The second-order valence-corrected chi connectivity index (χ2v) is 6.19. The molecule has 0 bridgehead atoms. The van der Waals surface area contributed by atoms with Gasteiger partial charge in [0.15, 0.2) is 0 Å². The van der Waals surface area contributed by atoms with Crippen LogP contribution in [0.25, 0.3) is 0 Å². The van der Waals surface area contributed by atoms with Crippen molar-refractivity contribution in [2.24, 2.45) is 5.10 Å². The van der Waals surface area contributed by atoms with E-state index in [1.165, 1.54) is 5.01 Å². The minimum Gasteiger partial charge on any atom is -0.461 e. The maximum absolute atomic E-state index is 12.3. The molecule has 1 amide bonds. The number of hydrogen-bond acceptors (Lipinski definition) is 5. The second-order valence-electron chi connectivity index (χ2n) is 6.19. The van der Waals surface area contributed by atoms with Gasteiger partial charge in [0.1, 0.15) is 5.71 Å². The molecule has 26 heavy (non-hydrogen) atoms. The Morgan fingerprint density at radius 1 is 1.23 bits per heavy atom. The number of hydrazone groups is 1. The quantitative estimate of drug-likeness (QED) is 0.592. The van der Waals surface area contributed by atoms with Crippen molar-refractivity contribution < 1.29 is 14.3 Å².